The number of hydrogen-bond acceptors (Lipinski definition) is 3. The number of amides is 2. The van der Waals surface area contributed by atoms with Gasteiger partial charge < -0.3 is 4.90 Å². The maximum absolute atomic E-state index is 11.6. The van der Waals surface area contributed by atoms with Crippen LogP contribution in [0, 0.1) is 0 Å². The zero-order valence-electron chi connectivity index (χ0n) is 10.9. The van der Waals surface area contributed by atoms with E-state index in [1.807, 2.05) is 29.2 Å². The van der Waals surface area contributed by atoms with Gasteiger partial charge in [0.15, 0.2) is 0 Å². The van der Waals surface area contributed by atoms with Gasteiger partial charge >= 0.3 is 0 Å². The molecule has 1 aliphatic heterocycles. The molecule has 1 aliphatic rings. The molecule has 2 amide bonds. The average Bonchev–Trinajstić information content (AvgIpc) is 2.34. The Bertz CT molecular complexity index is 465. The lowest BCUT2D eigenvalue weighted by Gasteiger charge is -2.33. The number of carbonyl (C=O) groups excluding carboxylic acids is 2. The van der Waals surface area contributed by atoms with Gasteiger partial charge in [0.25, 0.3) is 0 Å². The molecule has 0 spiro atoms. The topological polar surface area (TPSA) is 49.4 Å². The second kappa shape index (κ2) is 4.80. The van der Waals surface area contributed by atoms with Gasteiger partial charge in [-0.15, -0.1) is 0 Å². The van der Waals surface area contributed by atoms with Crippen molar-refractivity contribution in [2.45, 2.75) is 32.7 Å². The highest BCUT2D eigenvalue weighted by molar-refractivity contribution is 6.04. The van der Waals surface area contributed by atoms with E-state index in [0.29, 0.717) is 5.92 Å². The number of hydrogen-bond donors (Lipinski definition) is 1. The van der Waals surface area contributed by atoms with Gasteiger partial charge in [0.2, 0.25) is 11.8 Å². The summed E-state index contributed by atoms with van der Waals surface area (Å²) in [6.07, 6.45) is 0. The number of piperazine rings is 1. The molecule has 2 rings (SSSR count). The van der Waals surface area contributed by atoms with Crippen LogP contribution in [0.2, 0.25) is 0 Å². The predicted molar refractivity (Wildman–Crippen MR) is 70.5 cm³/mol. The van der Waals surface area contributed by atoms with Gasteiger partial charge in [-0.1, -0.05) is 26.0 Å². The van der Waals surface area contributed by atoms with Crippen LogP contribution in [0.1, 0.15) is 32.3 Å². The van der Waals surface area contributed by atoms with Crippen LogP contribution in [0.3, 0.4) is 0 Å². The van der Waals surface area contributed by atoms with Crippen molar-refractivity contribution in [3.8, 4) is 0 Å². The van der Waals surface area contributed by atoms with E-state index in [1.165, 1.54) is 5.56 Å². The SMILES string of the molecule is CC(C)c1ccc(N2CC(=O)NC(=O)C2C)cc1. The molecule has 1 unspecified atom stereocenters. The smallest absolute Gasteiger partial charge is 0.249 e. The molecule has 0 saturated carbocycles. The first-order valence-electron chi connectivity index (χ1n) is 6.19. The summed E-state index contributed by atoms with van der Waals surface area (Å²) in [4.78, 5) is 24.8. The maximum atomic E-state index is 11.6. The quantitative estimate of drug-likeness (QED) is 0.807. The van der Waals surface area contributed by atoms with E-state index in [0.717, 1.165) is 5.69 Å². The Labute approximate surface area is 107 Å². The van der Waals surface area contributed by atoms with Gasteiger partial charge in [0.05, 0.1) is 6.54 Å². The molecule has 18 heavy (non-hydrogen) atoms. The van der Waals surface area contributed by atoms with E-state index < -0.39 is 0 Å². The Balaban J connectivity index is 2.24. The third kappa shape index (κ3) is 2.37. The summed E-state index contributed by atoms with van der Waals surface area (Å²) in [6.45, 7) is 6.30. The van der Waals surface area contributed by atoms with Crippen molar-refractivity contribution in [2.75, 3.05) is 11.4 Å². The normalized spacial score (nSPS) is 20.2. The Morgan fingerprint density at radius 3 is 2.39 bits per heavy atom. The highest BCUT2D eigenvalue weighted by atomic mass is 16.2. The van der Waals surface area contributed by atoms with Crippen molar-refractivity contribution >= 4 is 17.5 Å². The fourth-order valence-corrected chi connectivity index (χ4v) is 2.08. The van der Waals surface area contributed by atoms with E-state index in [1.54, 1.807) is 6.92 Å². The van der Waals surface area contributed by atoms with Crippen LogP contribution in [0.4, 0.5) is 5.69 Å². The number of carbonyl (C=O) groups is 2. The van der Waals surface area contributed by atoms with Crippen molar-refractivity contribution in [3.05, 3.63) is 29.8 Å². The molecule has 1 aromatic carbocycles. The molecule has 1 atom stereocenters. The molecule has 0 aliphatic carbocycles. The van der Waals surface area contributed by atoms with Crippen LogP contribution in [0.25, 0.3) is 0 Å². The molecular weight excluding hydrogens is 228 g/mol. The zero-order chi connectivity index (χ0) is 13.3. The summed E-state index contributed by atoms with van der Waals surface area (Å²) in [5.41, 5.74) is 2.16. The minimum Gasteiger partial charge on any atom is -0.350 e. The van der Waals surface area contributed by atoms with Gasteiger partial charge in [-0.3, -0.25) is 14.9 Å². The Hall–Kier alpha value is -1.84. The zero-order valence-corrected chi connectivity index (χ0v) is 10.9. The number of benzene rings is 1. The molecule has 4 nitrogen and oxygen atoms in total. The second-order valence-corrected chi connectivity index (χ2v) is 4.96. The third-order valence-corrected chi connectivity index (χ3v) is 3.31. The first kappa shape index (κ1) is 12.6. The minimum atomic E-state index is -0.312. The number of anilines is 1. The number of nitrogens with zero attached hydrogens (tertiary/aromatic N) is 1. The van der Waals surface area contributed by atoms with E-state index in [9.17, 15) is 9.59 Å². The van der Waals surface area contributed by atoms with Gasteiger partial charge in [0, 0.05) is 5.69 Å². The molecule has 96 valence electrons. The second-order valence-electron chi connectivity index (χ2n) is 4.96. The number of nitrogens with one attached hydrogen (secondary N) is 1. The molecule has 1 saturated heterocycles. The molecule has 4 heteroatoms. The lowest BCUT2D eigenvalue weighted by atomic mass is 10.0. The molecule has 0 radical (unpaired) electrons. The predicted octanol–water partition coefficient (Wildman–Crippen LogP) is 1.66. The highest BCUT2D eigenvalue weighted by Gasteiger charge is 2.30. The fourth-order valence-electron chi connectivity index (χ4n) is 2.08. The Morgan fingerprint density at radius 2 is 1.83 bits per heavy atom. The minimum absolute atomic E-state index is 0.230. The Kier molecular flexibility index (Phi) is 3.36. The third-order valence-electron chi connectivity index (χ3n) is 3.31. The molecule has 1 heterocycles. The van der Waals surface area contributed by atoms with Gasteiger partial charge in [-0.25, -0.2) is 0 Å². The van der Waals surface area contributed by atoms with E-state index in [-0.39, 0.29) is 24.4 Å². The lowest BCUT2D eigenvalue weighted by molar-refractivity contribution is -0.132. The monoisotopic (exact) mass is 246 g/mol. The lowest BCUT2D eigenvalue weighted by Crippen LogP contribution is -2.57. The summed E-state index contributed by atoms with van der Waals surface area (Å²) in [6, 6.07) is 7.72. The van der Waals surface area contributed by atoms with Gasteiger partial charge in [0.1, 0.15) is 6.04 Å². The first-order chi connectivity index (χ1) is 8.49. The summed E-state index contributed by atoms with van der Waals surface area (Å²) in [5, 5.41) is 2.34. The summed E-state index contributed by atoms with van der Waals surface area (Å²) < 4.78 is 0. The summed E-state index contributed by atoms with van der Waals surface area (Å²) in [7, 11) is 0. The standard InChI is InChI=1S/C14H18N2O2/c1-9(2)11-4-6-12(7-5-11)16-8-13(17)15-14(18)10(16)3/h4-7,9-10H,8H2,1-3H3,(H,15,17,18). The summed E-state index contributed by atoms with van der Waals surface area (Å²) >= 11 is 0. The van der Waals surface area contributed by atoms with Crippen LogP contribution >= 0.6 is 0 Å². The molecule has 1 fully saturated rings. The van der Waals surface area contributed by atoms with Crippen molar-refractivity contribution in [2.24, 2.45) is 0 Å². The van der Waals surface area contributed by atoms with Crippen molar-refractivity contribution < 1.29 is 9.59 Å². The van der Waals surface area contributed by atoms with E-state index in [2.05, 4.69) is 19.2 Å². The molecule has 0 bridgehead atoms. The summed E-state index contributed by atoms with van der Waals surface area (Å²) in [5.74, 6) is -0.00650. The first-order valence-corrected chi connectivity index (χ1v) is 6.19. The molecule has 1 N–H and O–H groups in total. The van der Waals surface area contributed by atoms with Crippen LogP contribution in [0.5, 0.6) is 0 Å². The van der Waals surface area contributed by atoms with E-state index in [4.69, 9.17) is 0 Å². The van der Waals surface area contributed by atoms with E-state index >= 15 is 0 Å². The van der Waals surface area contributed by atoms with Crippen LogP contribution in [-0.2, 0) is 9.59 Å². The fraction of sp³-hybridized carbons (Fsp3) is 0.429. The van der Waals surface area contributed by atoms with Gasteiger partial charge in [-0.2, -0.15) is 0 Å². The number of imide groups is 1. The molecule has 1 aromatic rings. The van der Waals surface area contributed by atoms with Crippen molar-refractivity contribution in [1.82, 2.24) is 5.32 Å². The van der Waals surface area contributed by atoms with Crippen LogP contribution in [-0.4, -0.2) is 24.4 Å². The Morgan fingerprint density at radius 1 is 1.22 bits per heavy atom. The largest absolute Gasteiger partial charge is 0.350 e. The average molecular weight is 246 g/mol. The van der Waals surface area contributed by atoms with Gasteiger partial charge in [-0.05, 0) is 30.5 Å². The number of rotatable bonds is 2. The maximum Gasteiger partial charge on any atom is 0.249 e. The van der Waals surface area contributed by atoms with Crippen molar-refractivity contribution in [3.63, 3.8) is 0 Å². The van der Waals surface area contributed by atoms with Crippen molar-refractivity contribution in [1.29, 1.82) is 0 Å². The van der Waals surface area contributed by atoms with Crippen LogP contribution < -0.4 is 10.2 Å². The molecular formula is C14H18N2O2. The molecule has 0 aromatic heterocycles. The highest BCUT2D eigenvalue weighted by Crippen LogP contribution is 2.22. The van der Waals surface area contributed by atoms with Crippen LogP contribution in [0.15, 0.2) is 24.3 Å².